The van der Waals surface area contributed by atoms with E-state index in [1.54, 1.807) is 13.4 Å². The molecule has 0 bridgehead atoms. The van der Waals surface area contributed by atoms with Crippen molar-refractivity contribution in [3.8, 4) is 5.75 Å². The molecule has 2 heterocycles. The Hall–Kier alpha value is -2.45. The molecule has 0 radical (unpaired) electrons. The molecule has 0 spiro atoms. The maximum Gasteiger partial charge on any atom is 0.223 e. The van der Waals surface area contributed by atoms with Crippen LogP contribution in [-0.2, 0) is 14.3 Å². The van der Waals surface area contributed by atoms with Crippen LogP contribution in [0.2, 0.25) is 0 Å². The van der Waals surface area contributed by atoms with Crippen LogP contribution in [0.1, 0.15) is 32.1 Å². The number of benzene rings is 1. The summed E-state index contributed by atoms with van der Waals surface area (Å²) in [6.45, 7) is 4.53. The molecule has 4 rings (SSSR count). The third-order valence-electron chi connectivity index (χ3n) is 6.11. The van der Waals surface area contributed by atoms with Crippen LogP contribution in [0.25, 0.3) is 10.9 Å². The SMILES string of the molecule is COCCCNC(=O)C1CCC(Oc2cc(N3CCOCC3)cc3ncncc23)CC1. The van der Waals surface area contributed by atoms with Crippen molar-refractivity contribution < 1.29 is 19.0 Å². The van der Waals surface area contributed by atoms with E-state index >= 15 is 0 Å². The summed E-state index contributed by atoms with van der Waals surface area (Å²) in [7, 11) is 1.68. The van der Waals surface area contributed by atoms with E-state index in [0.29, 0.717) is 13.2 Å². The van der Waals surface area contributed by atoms with Crippen LogP contribution in [0.5, 0.6) is 5.75 Å². The molecule has 1 aliphatic carbocycles. The lowest BCUT2D eigenvalue weighted by Gasteiger charge is -2.31. The summed E-state index contributed by atoms with van der Waals surface area (Å²) in [4.78, 5) is 23.4. The maximum atomic E-state index is 12.4. The van der Waals surface area contributed by atoms with E-state index < -0.39 is 0 Å². The van der Waals surface area contributed by atoms with Gasteiger partial charge in [-0.05, 0) is 38.2 Å². The number of hydrogen-bond donors (Lipinski definition) is 1. The molecule has 2 fully saturated rings. The molecule has 2 aromatic rings. The number of rotatable bonds is 8. The number of aromatic nitrogens is 2. The van der Waals surface area contributed by atoms with E-state index in [-0.39, 0.29) is 17.9 Å². The van der Waals surface area contributed by atoms with Gasteiger partial charge in [-0.15, -0.1) is 0 Å². The van der Waals surface area contributed by atoms with E-state index in [2.05, 4.69) is 32.3 Å². The highest BCUT2D eigenvalue weighted by Crippen LogP contribution is 2.34. The Kier molecular flexibility index (Phi) is 7.53. The van der Waals surface area contributed by atoms with Gasteiger partial charge in [0.2, 0.25) is 5.91 Å². The number of carbonyl (C=O) groups is 1. The average Bonchev–Trinajstić information content (AvgIpc) is 2.82. The lowest BCUT2D eigenvalue weighted by molar-refractivity contribution is -0.126. The first-order chi connectivity index (χ1) is 15.2. The van der Waals surface area contributed by atoms with Gasteiger partial charge in [-0.2, -0.15) is 0 Å². The molecule has 8 heteroatoms. The fourth-order valence-electron chi connectivity index (χ4n) is 4.33. The molecule has 1 aliphatic heterocycles. The van der Waals surface area contributed by atoms with Gasteiger partial charge in [0.15, 0.2) is 0 Å². The van der Waals surface area contributed by atoms with Gasteiger partial charge in [0.05, 0.1) is 30.2 Å². The number of hydrogen-bond acceptors (Lipinski definition) is 7. The number of carbonyl (C=O) groups excluding carboxylic acids is 1. The summed E-state index contributed by atoms with van der Waals surface area (Å²) in [6.07, 6.45) is 7.76. The number of nitrogens with zero attached hydrogens (tertiary/aromatic N) is 3. The predicted octanol–water partition coefficient (Wildman–Crippen LogP) is 2.56. The highest BCUT2D eigenvalue weighted by Gasteiger charge is 2.28. The van der Waals surface area contributed by atoms with E-state index in [0.717, 1.165) is 80.7 Å². The number of morpholine rings is 1. The fourth-order valence-corrected chi connectivity index (χ4v) is 4.33. The number of methoxy groups -OCH3 is 1. The third kappa shape index (κ3) is 5.62. The number of fused-ring (bicyclic) bond motifs is 1. The first-order valence-electron chi connectivity index (χ1n) is 11.2. The molecule has 1 N–H and O–H groups in total. The van der Waals surface area contributed by atoms with Crippen LogP contribution >= 0.6 is 0 Å². The second-order valence-corrected chi connectivity index (χ2v) is 8.23. The summed E-state index contributed by atoms with van der Waals surface area (Å²) in [5.41, 5.74) is 1.99. The minimum Gasteiger partial charge on any atom is -0.490 e. The van der Waals surface area contributed by atoms with E-state index in [4.69, 9.17) is 14.2 Å². The highest BCUT2D eigenvalue weighted by molar-refractivity contribution is 5.88. The smallest absolute Gasteiger partial charge is 0.223 e. The Morgan fingerprint density at radius 3 is 2.81 bits per heavy atom. The summed E-state index contributed by atoms with van der Waals surface area (Å²) < 4.78 is 17.0. The number of anilines is 1. The van der Waals surface area contributed by atoms with Gasteiger partial charge in [-0.25, -0.2) is 9.97 Å². The van der Waals surface area contributed by atoms with Crippen LogP contribution in [0, 0.1) is 5.92 Å². The maximum absolute atomic E-state index is 12.4. The molecule has 0 atom stereocenters. The van der Waals surface area contributed by atoms with Crippen molar-refractivity contribution >= 4 is 22.5 Å². The Bertz CT molecular complexity index is 864. The summed E-state index contributed by atoms with van der Waals surface area (Å²) >= 11 is 0. The highest BCUT2D eigenvalue weighted by atomic mass is 16.5. The third-order valence-corrected chi connectivity index (χ3v) is 6.11. The lowest BCUT2D eigenvalue weighted by atomic mass is 9.86. The quantitative estimate of drug-likeness (QED) is 0.647. The van der Waals surface area contributed by atoms with Gasteiger partial charge in [-0.1, -0.05) is 0 Å². The lowest BCUT2D eigenvalue weighted by Crippen LogP contribution is -2.36. The van der Waals surface area contributed by atoms with Gasteiger partial charge in [-0.3, -0.25) is 4.79 Å². The van der Waals surface area contributed by atoms with Crippen LogP contribution < -0.4 is 15.0 Å². The Morgan fingerprint density at radius 2 is 2.03 bits per heavy atom. The van der Waals surface area contributed by atoms with E-state index in [9.17, 15) is 4.79 Å². The largest absolute Gasteiger partial charge is 0.490 e. The topological polar surface area (TPSA) is 85.8 Å². The first-order valence-corrected chi connectivity index (χ1v) is 11.2. The molecule has 168 valence electrons. The van der Waals surface area contributed by atoms with Crippen molar-refractivity contribution in [1.82, 2.24) is 15.3 Å². The zero-order chi connectivity index (χ0) is 21.5. The molecule has 1 saturated carbocycles. The second kappa shape index (κ2) is 10.7. The normalized spacial score (nSPS) is 21.8. The van der Waals surface area contributed by atoms with Crippen molar-refractivity contribution in [2.75, 3.05) is 51.5 Å². The van der Waals surface area contributed by atoms with Gasteiger partial charge >= 0.3 is 0 Å². The summed E-state index contributed by atoms with van der Waals surface area (Å²) in [5.74, 6) is 1.05. The standard InChI is InChI=1S/C23H32N4O4/c1-29-10-2-7-25-23(28)17-3-5-19(6-4-17)31-22-14-18(27-8-11-30-12-9-27)13-21-20(22)15-24-16-26-21/h13-17,19H,2-12H2,1H3,(H,25,28). The Morgan fingerprint density at radius 1 is 1.23 bits per heavy atom. The number of nitrogens with one attached hydrogen (secondary N) is 1. The minimum atomic E-state index is 0.0714. The molecule has 8 nitrogen and oxygen atoms in total. The van der Waals surface area contributed by atoms with Crippen LogP contribution in [0.4, 0.5) is 5.69 Å². The number of amides is 1. The van der Waals surface area contributed by atoms with Gasteiger partial charge in [0.1, 0.15) is 12.1 Å². The Balaban J connectivity index is 1.39. The summed E-state index contributed by atoms with van der Waals surface area (Å²) in [6, 6.07) is 4.20. The number of ether oxygens (including phenoxy) is 3. The first kappa shape index (κ1) is 21.8. The fraction of sp³-hybridized carbons (Fsp3) is 0.609. The molecule has 1 aromatic carbocycles. The average molecular weight is 429 g/mol. The van der Waals surface area contributed by atoms with Gasteiger partial charge in [0.25, 0.3) is 0 Å². The van der Waals surface area contributed by atoms with Gasteiger partial charge < -0.3 is 24.4 Å². The molecular formula is C23H32N4O4. The van der Waals surface area contributed by atoms with Gasteiger partial charge in [0, 0.05) is 57.2 Å². The molecule has 2 aliphatic rings. The van der Waals surface area contributed by atoms with Crippen molar-refractivity contribution in [1.29, 1.82) is 0 Å². The van der Waals surface area contributed by atoms with E-state index in [1.807, 2.05) is 6.20 Å². The molecular weight excluding hydrogens is 396 g/mol. The van der Waals surface area contributed by atoms with Crippen molar-refractivity contribution in [2.24, 2.45) is 5.92 Å². The monoisotopic (exact) mass is 428 g/mol. The Labute approximate surface area is 183 Å². The van der Waals surface area contributed by atoms with Crippen LogP contribution in [0.3, 0.4) is 0 Å². The molecule has 0 unspecified atom stereocenters. The zero-order valence-electron chi connectivity index (χ0n) is 18.2. The van der Waals surface area contributed by atoms with E-state index in [1.165, 1.54) is 0 Å². The zero-order valence-corrected chi connectivity index (χ0v) is 18.2. The summed E-state index contributed by atoms with van der Waals surface area (Å²) in [5, 5.41) is 3.96. The minimum absolute atomic E-state index is 0.0714. The van der Waals surface area contributed by atoms with Crippen molar-refractivity contribution in [3.05, 3.63) is 24.7 Å². The molecule has 1 amide bonds. The van der Waals surface area contributed by atoms with Crippen molar-refractivity contribution in [2.45, 2.75) is 38.2 Å². The molecule has 1 saturated heterocycles. The van der Waals surface area contributed by atoms with Crippen LogP contribution in [0.15, 0.2) is 24.7 Å². The molecule has 1 aromatic heterocycles. The van der Waals surface area contributed by atoms with Crippen molar-refractivity contribution in [3.63, 3.8) is 0 Å². The second-order valence-electron chi connectivity index (χ2n) is 8.23. The predicted molar refractivity (Wildman–Crippen MR) is 118 cm³/mol. The molecule has 31 heavy (non-hydrogen) atoms. The van der Waals surface area contributed by atoms with Crippen LogP contribution in [-0.4, -0.2) is 68.5 Å².